The van der Waals surface area contributed by atoms with Gasteiger partial charge in [-0.25, -0.2) is 0 Å². The van der Waals surface area contributed by atoms with Gasteiger partial charge in [-0.2, -0.15) is 0 Å². The van der Waals surface area contributed by atoms with Crippen molar-refractivity contribution in [3.05, 3.63) is 23.3 Å². The van der Waals surface area contributed by atoms with Crippen LogP contribution in [0.25, 0.3) is 0 Å². The lowest BCUT2D eigenvalue weighted by atomic mass is 9.45. The van der Waals surface area contributed by atoms with Crippen LogP contribution in [-0.4, -0.2) is 24.4 Å². The van der Waals surface area contributed by atoms with Crippen LogP contribution in [0.4, 0.5) is 0 Å². The minimum absolute atomic E-state index is 0.103. The molecule has 5 rings (SSSR count). The van der Waals surface area contributed by atoms with Gasteiger partial charge in [-0.3, -0.25) is 0 Å². The van der Waals surface area contributed by atoms with E-state index in [4.69, 9.17) is 4.74 Å². The van der Waals surface area contributed by atoms with Crippen molar-refractivity contribution in [3.8, 4) is 0 Å². The summed E-state index contributed by atoms with van der Waals surface area (Å²) in [5.74, 6) is 3.84. The minimum atomic E-state index is -0.103. The average Bonchev–Trinajstić information content (AvgIpc) is 3.06. The van der Waals surface area contributed by atoms with E-state index < -0.39 is 0 Å². The summed E-state index contributed by atoms with van der Waals surface area (Å²) in [5.41, 5.74) is 4.11. The Hall–Kier alpha value is -0.600. The molecule has 0 spiro atoms. The highest BCUT2D eigenvalue weighted by atomic mass is 16.5. The van der Waals surface area contributed by atoms with E-state index in [0.717, 1.165) is 43.8 Å². The molecule has 5 aliphatic rings. The molecule has 0 aromatic rings. The molecular formula is C26H40O2. The monoisotopic (exact) mass is 384 g/mol. The molecule has 28 heavy (non-hydrogen) atoms. The van der Waals surface area contributed by atoms with Crippen molar-refractivity contribution in [3.63, 3.8) is 0 Å². The maximum atomic E-state index is 10.3. The summed E-state index contributed by atoms with van der Waals surface area (Å²) in [5, 5.41) is 10.3. The SMILES string of the molecule is CC[C@@H]1C=C2C[C@@H](O)CC[C@]2(C)[C@H]2CC[C@]3(C)C(C4CCCOC4)=CC[C@H]3[C@H]12. The van der Waals surface area contributed by atoms with Crippen LogP contribution in [0.2, 0.25) is 0 Å². The number of aliphatic hydroxyl groups is 1. The number of hydrogen-bond acceptors (Lipinski definition) is 2. The van der Waals surface area contributed by atoms with Crippen LogP contribution in [-0.2, 0) is 4.74 Å². The van der Waals surface area contributed by atoms with Crippen molar-refractivity contribution in [2.45, 2.75) is 84.7 Å². The summed E-state index contributed by atoms with van der Waals surface area (Å²) in [6, 6.07) is 0. The predicted molar refractivity (Wildman–Crippen MR) is 114 cm³/mol. The molecule has 3 fully saturated rings. The van der Waals surface area contributed by atoms with Gasteiger partial charge in [-0.15, -0.1) is 0 Å². The fourth-order valence-electron chi connectivity index (χ4n) is 8.42. The average molecular weight is 385 g/mol. The predicted octanol–water partition coefficient (Wildman–Crippen LogP) is 5.91. The van der Waals surface area contributed by atoms with Gasteiger partial charge in [0.15, 0.2) is 0 Å². The molecule has 0 amide bonds. The van der Waals surface area contributed by atoms with Gasteiger partial charge in [0.2, 0.25) is 0 Å². The van der Waals surface area contributed by atoms with E-state index in [2.05, 4.69) is 32.9 Å². The van der Waals surface area contributed by atoms with Gasteiger partial charge in [0.05, 0.1) is 12.7 Å². The van der Waals surface area contributed by atoms with E-state index in [9.17, 15) is 5.11 Å². The zero-order chi connectivity index (χ0) is 19.5. The number of fused-ring (bicyclic) bond motifs is 5. The number of ether oxygens (including phenoxy) is 1. The summed E-state index contributed by atoms with van der Waals surface area (Å²) in [7, 11) is 0. The highest BCUT2D eigenvalue weighted by Crippen LogP contribution is 2.67. The Morgan fingerprint density at radius 1 is 1.11 bits per heavy atom. The molecule has 2 heteroatoms. The highest BCUT2D eigenvalue weighted by Gasteiger charge is 2.59. The largest absolute Gasteiger partial charge is 0.393 e. The van der Waals surface area contributed by atoms with Crippen LogP contribution in [0, 0.1) is 40.4 Å². The Kier molecular flexibility index (Phi) is 4.83. The van der Waals surface area contributed by atoms with Gasteiger partial charge in [-0.05, 0) is 92.3 Å². The summed E-state index contributed by atoms with van der Waals surface area (Å²) in [6.07, 6.45) is 16.2. The van der Waals surface area contributed by atoms with Crippen LogP contribution in [0.1, 0.15) is 78.6 Å². The van der Waals surface area contributed by atoms with E-state index >= 15 is 0 Å². The quantitative estimate of drug-likeness (QED) is 0.600. The van der Waals surface area contributed by atoms with Crippen molar-refractivity contribution in [1.82, 2.24) is 0 Å². The van der Waals surface area contributed by atoms with Gasteiger partial charge < -0.3 is 9.84 Å². The zero-order valence-corrected chi connectivity index (χ0v) is 18.3. The molecule has 1 N–H and O–H groups in total. The van der Waals surface area contributed by atoms with Gasteiger partial charge >= 0.3 is 0 Å². The molecule has 1 saturated heterocycles. The van der Waals surface area contributed by atoms with Crippen LogP contribution in [0.3, 0.4) is 0 Å². The smallest absolute Gasteiger partial charge is 0.0577 e. The van der Waals surface area contributed by atoms with E-state index in [1.807, 2.05) is 0 Å². The lowest BCUT2D eigenvalue weighted by Gasteiger charge is -2.60. The molecule has 0 aromatic carbocycles. The Morgan fingerprint density at radius 3 is 2.68 bits per heavy atom. The topological polar surface area (TPSA) is 29.5 Å². The third-order valence-electron chi connectivity index (χ3n) is 9.96. The second-order valence-corrected chi connectivity index (χ2v) is 11.1. The van der Waals surface area contributed by atoms with Crippen LogP contribution in [0.5, 0.6) is 0 Å². The van der Waals surface area contributed by atoms with Gasteiger partial charge in [0.1, 0.15) is 0 Å². The molecule has 0 radical (unpaired) electrons. The van der Waals surface area contributed by atoms with E-state index in [-0.39, 0.29) is 6.10 Å². The van der Waals surface area contributed by atoms with Crippen molar-refractivity contribution >= 4 is 0 Å². The molecule has 0 bridgehead atoms. The Morgan fingerprint density at radius 2 is 1.93 bits per heavy atom. The van der Waals surface area contributed by atoms with Gasteiger partial charge in [0.25, 0.3) is 0 Å². The summed E-state index contributed by atoms with van der Waals surface area (Å²) in [6.45, 7) is 9.48. The van der Waals surface area contributed by atoms with Gasteiger partial charge in [-0.1, -0.05) is 44.1 Å². The molecule has 1 heterocycles. The third-order valence-corrected chi connectivity index (χ3v) is 9.96. The van der Waals surface area contributed by atoms with E-state index in [1.54, 1.807) is 11.1 Å². The molecule has 4 aliphatic carbocycles. The normalized spacial score (nSPS) is 50.9. The zero-order valence-electron chi connectivity index (χ0n) is 18.3. The lowest BCUT2D eigenvalue weighted by molar-refractivity contribution is -0.0565. The summed E-state index contributed by atoms with van der Waals surface area (Å²) in [4.78, 5) is 0. The summed E-state index contributed by atoms with van der Waals surface area (Å²) < 4.78 is 5.89. The lowest BCUT2D eigenvalue weighted by Crippen LogP contribution is -2.53. The molecule has 0 aromatic heterocycles. The van der Waals surface area contributed by atoms with Crippen LogP contribution < -0.4 is 0 Å². The number of hydrogen-bond donors (Lipinski definition) is 1. The molecule has 1 aliphatic heterocycles. The second-order valence-electron chi connectivity index (χ2n) is 11.1. The van der Waals surface area contributed by atoms with E-state index in [0.29, 0.717) is 22.7 Å². The van der Waals surface area contributed by atoms with Crippen molar-refractivity contribution in [1.29, 1.82) is 0 Å². The highest BCUT2D eigenvalue weighted by molar-refractivity contribution is 5.32. The molecule has 1 unspecified atom stereocenters. The Labute approximate surface area is 171 Å². The fourth-order valence-corrected chi connectivity index (χ4v) is 8.42. The standard InChI is InChI=1S/C26H40O2/c1-4-17-14-19-15-20(27)9-11-25(19,2)23-10-12-26(3)21(7-8-22(26)24(17)23)18-6-5-13-28-16-18/h7,14,17-18,20,22-24,27H,4-6,8-13,15-16H2,1-3H3/t17-,18?,20+,22+,23+,24+,25+,26-/m1/s1. The molecule has 8 atom stereocenters. The first-order chi connectivity index (χ1) is 13.5. The molecule has 2 nitrogen and oxygen atoms in total. The number of rotatable bonds is 2. The van der Waals surface area contributed by atoms with Crippen molar-refractivity contribution in [2.24, 2.45) is 40.4 Å². The third kappa shape index (κ3) is 2.73. The Balaban J connectivity index is 1.48. The number of aliphatic hydroxyl groups excluding tert-OH is 1. The van der Waals surface area contributed by atoms with Crippen LogP contribution in [0.15, 0.2) is 23.3 Å². The molecular weight excluding hydrogens is 344 g/mol. The fraction of sp³-hybridized carbons (Fsp3) is 0.846. The maximum absolute atomic E-state index is 10.3. The first-order valence-corrected chi connectivity index (χ1v) is 12.1. The van der Waals surface area contributed by atoms with Crippen molar-refractivity contribution < 1.29 is 9.84 Å². The maximum Gasteiger partial charge on any atom is 0.0577 e. The molecule has 2 saturated carbocycles. The van der Waals surface area contributed by atoms with Gasteiger partial charge in [0, 0.05) is 12.5 Å². The first-order valence-electron chi connectivity index (χ1n) is 12.1. The number of allylic oxidation sites excluding steroid dienone is 2. The first kappa shape index (κ1) is 19.4. The summed E-state index contributed by atoms with van der Waals surface area (Å²) >= 11 is 0. The van der Waals surface area contributed by atoms with Crippen LogP contribution >= 0.6 is 0 Å². The second kappa shape index (κ2) is 6.98. The van der Waals surface area contributed by atoms with E-state index in [1.165, 1.54) is 44.9 Å². The minimum Gasteiger partial charge on any atom is -0.393 e. The Bertz CT molecular complexity index is 672. The van der Waals surface area contributed by atoms with Crippen molar-refractivity contribution in [2.75, 3.05) is 13.2 Å². The molecule has 156 valence electrons.